The second-order valence-electron chi connectivity index (χ2n) is 5.46. The normalized spacial score (nSPS) is 12.0. The molecule has 0 bridgehead atoms. The van der Waals surface area contributed by atoms with E-state index in [1.54, 1.807) is 24.5 Å². The van der Waals surface area contributed by atoms with Gasteiger partial charge in [-0.05, 0) is 29.5 Å². The van der Waals surface area contributed by atoms with Crippen LogP contribution in [0.2, 0.25) is 0 Å². The largest absolute Gasteiger partial charge is 0.385 e. The predicted octanol–water partition coefficient (Wildman–Crippen LogP) is 3.93. The van der Waals surface area contributed by atoms with Gasteiger partial charge in [-0.15, -0.1) is 21.5 Å². The van der Waals surface area contributed by atoms with Crippen LogP contribution in [-0.4, -0.2) is 28.5 Å². The van der Waals surface area contributed by atoms with Crippen LogP contribution >= 0.6 is 24.0 Å². The molecule has 0 aliphatic heterocycles. The summed E-state index contributed by atoms with van der Waals surface area (Å²) in [7, 11) is 1.69. The average molecular weight is 371 g/mol. The Bertz CT molecular complexity index is 868. The Labute approximate surface area is 156 Å². The number of hydrogen-bond acceptors (Lipinski definition) is 6. The van der Waals surface area contributed by atoms with Crippen LogP contribution in [0.4, 0.5) is 0 Å². The fourth-order valence-corrected chi connectivity index (χ4v) is 3.80. The van der Waals surface area contributed by atoms with Crippen LogP contribution in [0.3, 0.4) is 0 Å². The number of hydrogen-bond donors (Lipinski definition) is 1. The molecule has 25 heavy (non-hydrogen) atoms. The summed E-state index contributed by atoms with van der Waals surface area (Å²) in [6.45, 7) is 1.39. The zero-order valence-electron chi connectivity index (χ0n) is 13.8. The van der Waals surface area contributed by atoms with E-state index in [-0.39, 0.29) is 5.25 Å². The number of nitriles is 1. The van der Waals surface area contributed by atoms with E-state index in [9.17, 15) is 5.26 Å². The number of methoxy groups -OCH3 is 1. The molecule has 0 saturated carbocycles. The van der Waals surface area contributed by atoms with E-state index in [0.717, 1.165) is 35.1 Å². The molecular weight excluding hydrogens is 352 g/mol. The Kier molecular flexibility index (Phi) is 5.87. The fourth-order valence-electron chi connectivity index (χ4n) is 2.67. The molecule has 128 valence electrons. The molecule has 3 aromatic rings. The number of rotatable bonds is 7. The predicted molar refractivity (Wildman–Crippen MR) is 102 cm³/mol. The Morgan fingerprint density at radius 3 is 2.84 bits per heavy atom. The van der Waals surface area contributed by atoms with Crippen molar-refractivity contribution in [2.45, 2.75) is 18.2 Å². The molecule has 0 aliphatic carbocycles. The van der Waals surface area contributed by atoms with Gasteiger partial charge in [0.25, 0.3) is 0 Å². The van der Waals surface area contributed by atoms with Crippen LogP contribution in [0.25, 0.3) is 10.7 Å². The van der Waals surface area contributed by atoms with Gasteiger partial charge in [-0.1, -0.05) is 24.3 Å². The maximum atomic E-state index is 9.37. The molecule has 3 rings (SSSR count). The lowest BCUT2D eigenvalue weighted by molar-refractivity contribution is 0.190. The molecule has 0 amide bonds. The molecule has 0 fully saturated rings. The van der Waals surface area contributed by atoms with Crippen LogP contribution in [-0.2, 0) is 11.3 Å². The molecule has 2 aromatic heterocycles. The highest BCUT2D eigenvalue weighted by molar-refractivity contribution is 7.80. The van der Waals surface area contributed by atoms with Gasteiger partial charge in [0, 0.05) is 20.3 Å². The highest BCUT2D eigenvalue weighted by Crippen LogP contribution is 2.33. The van der Waals surface area contributed by atoms with Crippen LogP contribution in [0.15, 0.2) is 41.8 Å². The average Bonchev–Trinajstić information content (AvgIpc) is 3.30. The lowest BCUT2D eigenvalue weighted by Crippen LogP contribution is -2.10. The third kappa shape index (κ3) is 3.76. The topological polar surface area (TPSA) is 63.7 Å². The number of thiol groups is 1. The first-order valence-corrected chi connectivity index (χ1v) is 9.29. The van der Waals surface area contributed by atoms with E-state index in [1.165, 1.54) is 0 Å². The summed E-state index contributed by atoms with van der Waals surface area (Å²) in [5, 5.41) is 19.9. The van der Waals surface area contributed by atoms with Crippen molar-refractivity contribution in [1.82, 2.24) is 14.8 Å². The first-order chi connectivity index (χ1) is 12.3. The van der Waals surface area contributed by atoms with Crippen molar-refractivity contribution in [1.29, 1.82) is 5.26 Å². The molecule has 7 heteroatoms. The van der Waals surface area contributed by atoms with E-state index in [2.05, 4.69) is 20.8 Å². The molecule has 2 heterocycles. The summed E-state index contributed by atoms with van der Waals surface area (Å²) in [6.07, 6.45) is 0.848. The maximum absolute atomic E-state index is 9.37. The zero-order chi connectivity index (χ0) is 17.6. The highest BCUT2D eigenvalue weighted by atomic mass is 32.1. The number of ether oxygens (including phenoxy) is 1. The third-order valence-corrected chi connectivity index (χ3v) is 5.25. The maximum Gasteiger partial charge on any atom is 0.174 e. The monoisotopic (exact) mass is 370 g/mol. The number of nitrogens with zero attached hydrogens (tertiary/aromatic N) is 4. The van der Waals surface area contributed by atoms with E-state index >= 15 is 0 Å². The Balaban J connectivity index is 2.01. The standard InChI is InChI=1S/C18H18N4OS2/c1-23-10-5-9-22-17(15-8-4-11-25-15)20-21-18(22)16(24)14-7-3-2-6-13(14)12-19/h2-4,6-8,11,16,24H,5,9-10H2,1H3. The van der Waals surface area contributed by atoms with E-state index in [1.807, 2.05) is 35.7 Å². The van der Waals surface area contributed by atoms with Crippen molar-refractivity contribution < 1.29 is 4.74 Å². The molecule has 0 spiro atoms. The lowest BCUT2D eigenvalue weighted by atomic mass is 10.0. The quantitative estimate of drug-likeness (QED) is 0.505. The molecule has 0 aliphatic rings. The number of benzene rings is 1. The number of aromatic nitrogens is 3. The first kappa shape index (κ1) is 17.7. The minimum atomic E-state index is -0.320. The van der Waals surface area contributed by atoms with Crippen molar-refractivity contribution >= 4 is 24.0 Å². The summed E-state index contributed by atoms with van der Waals surface area (Å²) in [5.41, 5.74) is 1.44. The van der Waals surface area contributed by atoms with Gasteiger partial charge in [0.15, 0.2) is 11.6 Å². The third-order valence-electron chi connectivity index (χ3n) is 3.87. The zero-order valence-corrected chi connectivity index (χ0v) is 15.5. The molecular formula is C18H18N4OS2. The van der Waals surface area contributed by atoms with Crippen molar-refractivity contribution in [3.05, 3.63) is 58.7 Å². The lowest BCUT2D eigenvalue weighted by Gasteiger charge is -2.15. The molecule has 0 radical (unpaired) electrons. The van der Waals surface area contributed by atoms with Gasteiger partial charge in [0.05, 0.1) is 21.8 Å². The summed E-state index contributed by atoms with van der Waals surface area (Å²) in [6, 6.07) is 13.7. The Morgan fingerprint density at radius 2 is 2.12 bits per heavy atom. The highest BCUT2D eigenvalue weighted by Gasteiger charge is 2.22. The molecule has 0 N–H and O–H groups in total. The second-order valence-corrected chi connectivity index (χ2v) is 6.92. The van der Waals surface area contributed by atoms with Gasteiger partial charge < -0.3 is 9.30 Å². The van der Waals surface area contributed by atoms with Crippen molar-refractivity contribution in [2.24, 2.45) is 0 Å². The molecule has 0 saturated heterocycles. The fraction of sp³-hybridized carbons (Fsp3) is 0.278. The van der Waals surface area contributed by atoms with Crippen molar-refractivity contribution in [3.63, 3.8) is 0 Å². The molecule has 1 aromatic carbocycles. The van der Waals surface area contributed by atoms with E-state index < -0.39 is 0 Å². The van der Waals surface area contributed by atoms with Crippen LogP contribution in [0.5, 0.6) is 0 Å². The Hall–Kier alpha value is -2.14. The Morgan fingerprint density at radius 1 is 1.28 bits per heavy atom. The smallest absolute Gasteiger partial charge is 0.174 e. The summed E-state index contributed by atoms with van der Waals surface area (Å²) >= 11 is 6.38. The second kappa shape index (κ2) is 8.30. The molecule has 1 unspecified atom stereocenters. The SMILES string of the molecule is COCCCn1c(-c2cccs2)nnc1C(S)c1ccccc1C#N. The van der Waals surface area contributed by atoms with Gasteiger partial charge in [-0.3, -0.25) is 0 Å². The minimum absolute atomic E-state index is 0.320. The van der Waals surface area contributed by atoms with Gasteiger partial charge in [-0.2, -0.15) is 17.9 Å². The summed E-state index contributed by atoms with van der Waals surface area (Å²) < 4.78 is 7.26. The van der Waals surface area contributed by atoms with Crippen molar-refractivity contribution in [3.8, 4) is 16.8 Å². The van der Waals surface area contributed by atoms with E-state index in [4.69, 9.17) is 17.4 Å². The molecule has 5 nitrogen and oxygen atoms in total. The van der Waals surface area contributed by atoms with Gasteiger partial charge in [0.1, 0.15) is 0 Å². The van der Waals surface area contributed by atoms with Gasteiger partial charge in [-0.25, -0.2) is 0 Å². The minimum Gasteiger partial charge on any atom is -0.385 e. The first-order valence-electron chi connectivity index (χ1n) is 7.89. The summed E-state index contributed by atoms with van der Waals surface area (Å²) in [4.78, 5) is 1.06. The molecule has 1 atom stereocenters. The van der Waals surface area contributed by atoms with Crippen LogP contribution in [0.1, 0.15) is 28.6 Å². The van der Waals surface area contributed by atoms with E-state index in [0.29, 0.717) is 12.2 Å². The van der Waals surface area contributed by atoms with Gasteiger partial charge in [0.2, 0.25) is 0 Å². The van der Waals surface area contributed by atoms with Gasteiger partial charge >= 0.3 is 0 Å². The van der Waals surface area contributed by atoms with Crippen LogP contribution in [0, 0.1) is 11.3 Å². The van der Waals surface area contributed by atoms with Crippen molar-refractivity contribution in [2.75, 3.05) is 13.7 Å². The number of thiophene rings is 1. The van der Waals surface area contributed by atoms with Crippen LogP contribution < -0.4 is 0 Å². The summed E-state index contributed by atoms with van der Waals surface area (Å²) in [5.74, 6) is 1.57.